The zero-order valence-corrected chi connectivity index (χ0v) is 12.1. The summed E-state index contributed by atoms with van der Waals surface area (Å²) < 4.78 is 0. The Labute approximate surface area is 117 Å². The molecule has 0 saturated carbocycles. The summed E-state index contributed by atoms with van der Waals surface area (Å²) >= 11 is 0. The first-order valence-electron chi connectivity index (χ1n) is 7.79. The predicted molar refractivity (Wildman–Crippen MR) is 80.3 cm³/mol. The van der Waals surface area contributed by atoms with E-state index in [0.717, 1.165) is 24.9 Å². The largest absolute Gasteiger partial charge is 0.388 e. The molecule has 0 spiro atoms. The van der Waals surface area contributed by atoms with Gasteiger partial charge >= 0.3 is 0 Å². The number of aryl methyl sites for hydroxylation is 1. The Morgan fingerprint density at radius 2 is 1.79 bits per heavy atom. The Hall–Kier alpha value is -0.860. The third kappa shape index (κ3) is 4.63. The van der Waals surface area contributed by atoms with Crippen LogP contribution in [0.5, 0.6) is 0 Å². The van der Waals surface area contributed by atoms with Gasteiger partial charge in [0.05, 0.1) is 6.10 Å². The summed E-state index contributed by atoms with van der Waals surface area (Å²) in [6.45, 7) is 5.64. The van der Waals surface area contributed by atoms with E-state index in [1.807, 2.05) is 0 Å². The standard InChI is InChI=1S/C17H27NO/c1-2-6-15-7-9-16(10-8-15)17(19)11-14-18-12-4-3-5-13-18/h7-10,17,19H,2-6,11-14H2,1H3. The SMILES string of the molecule is CCCc1ccc(C(O)CCN2CCCCC2)cc1. The highest BCUT2D eigenvalue weighted by Crippen LogP contribution is 2.19. The van der Waals surface area contributed by atoms with E-state index >= 15 is 0 Å². The van der Waals surface area contributed by atoms with Gasteiger partial charge in [-0.25, -0.2) is 0 Å². The second-order valence-corrected chi connectivity index (χ2v) is 5.70. The second-order valence-electron chi connectivity index (χ2n) is 5.70. The number of benzene rings is 1. The molecule has 2 rings (SSSR count). The average Bonchev–Trinajstić information content (AvgIpc) is 2.47. The maximum Gasteiger partial charge on any atom is 0.0802 e. The van der Waals surface area contributed by atoms with E-state index in [9.17, 15) is 5.11 Å². The van der Waals surface area contributed by atoms with E-state index in [4.69, 9.17) is 0 Å². The van der Waals surface area contributed by atoms with Gasteiger partial charge in [0.15, 0.2) is 0 Å². The summed E-state index contributed by atoms with van der Waals surface area (Å²) in [6, 6.07) is 8.49. The quantitative estimate of drug-likeness (QED) is 0.846. The lowest BCUT2D eigenvalue weighted by molar-refractivity contribution is 0.134. The Balaban J connectivity index is 1.79. The van der Waals surface area contributed by atoms with Gasteiger partial charge in [-0.15, -0.1) is 0 Å². The van der Waals surface area contributed by atoms with E-state index in [0.29, 0.717) is 0 Å². The Morgan fingerprint density at radius 3 is 2.42 bits per heavy atom. The van der Waals surface area contributed by atoms with Crippen LogP contribution in [0.1, 0.15) is 56.3 Å². The first-order chi connectivity index (χ1) is 9.29. The molecule has 1 aliphatic heterocycles. The molecule has 0 aliphatic carbocycles. The lowest BCUT2D eigenvalue weighted by Crippen LogP contribution is -2.31. The number of likely N-dealkylation sites (tertiary alicyclic amines) is 1. The van der Waals surface area contributed by atoms with E-state index in [-0.39, 0.29) is 6.10 Å². The zero-order chi connectivity index (χ0) is 13.5. The van der Waals surface area contributed by atoms with Gasteiger partial charge in [-0.3, -0.25) is 0 Å². The van der Waals surface area contributed by atoms with Gasteiger partial charge in [0, 0.05) is 6.54 Å². The molecule has 2 heteroatoms. The molecule has 2 nitrogen and oxygen atoms in total. The molecule has 106 valence electrons. The fourth-order valence-corrected chi connectivity index (χ4v) is 2.85. The first-order valence-corrected chi connectivity index (χ1v) is 7.79. The van der Waals surface area contributed by atoms with Crippen LogP contribution in [0.15, 0.2) is 24.3 Å². The fraction of sp³-hybridized carbons (Fsp3) is 0.647. The minimum Gasteiger partial charge on any atom is -0.388 e. The lowest BCUT2D eigenvalue weighted by atomic mass is 10.0. The van der Waals surface area contributed by atoms with Crippen molar-refractivity contribution < 1.29 is 5.11 Å². The Bertz CT molecular complexity index is 354. The Morgan fingerprint density at radius 1 is 1.11 bits per heavy atom. The van der Waals surface area contributed by atoms with Gasteiger partial charge in [0.2, 0.25) is 0 Å². The van der Waals surface area contributed by atoms with Crippen molar-refractivity contribution in [1.82, 2.24) is 4.90 Å². The summed E-state index contributed by atoms with van der Waals surface area (Å²) in [7, 11) is 0. The Kier molecular flexibility index (Phi) is 5.87. The monoisotopic (exact) mass is 261 g/mol. The molecule has 0 radical (unpaired) electrons. The minimum atomic E-state index is -0.308. The highest BCUT2D eigenvalue weighted by atomic mass is 16.3. The van der Waals surface area contributed by atoms with Crippen LogP contribution in [0.25, 0.3) is 0 Å². The third-order valence-corrected chi connectivity index (χ3v) is 4.07. The van der Waals surface area contributed by atoms with Gasteiger partial charge in [-0.05, 0) is 49.9 Å². The van der Waals surface area contributed by atoms with Crippen molar-refractivity contribution >= 4 is 0 Å². The van der Waals surface area contributed by atoms with Crippen LogP contribution in [0.4, 0.5) is 0 Å². The van der Waals surface area contributed by atoms with Crippen LogP contribution < -0.4 is 0 Å². The van der Waals surface area contributed by atoms with Crippen molar-refractivity contribution in [2.24, 2.45) is 0 Å². The zero-order valence-electron chi connectivity index (χ0n) is 12.1. The van der Waals surface area contributed by atoms with Crippen molar-refractivity contribution in [1.29, 1.82) is 0 Å². The predicted octanol–water partition coefficient (Wildman–Crippen LogP) is 3.55. The maximum atomic E-state index is 10.2. The normalized spacial score (nSPS) is 18.4. The summed E-state index contributed by atoms with van der Waals surface area (Å²) in [5.41, 5.74) is 2.44. The molecule has 1 atom stereocenters. The molecule has 0 bridgehead atoms. The second kappa shape index (κ2) is 7.66. The van der Waals surface area contributed by atoms with Gasteiger partial charge in [0.25, 0.3) is 0 Å². The van der Waals surface area contributed by atoms with Gasteiger partial charge < -0.3 is 10.0 Å². The van der Waals surface area contributed by atoms with Crippen molar-refractivity contribution in [3.63, 3.8) is 0 Å². The molecule has 1 heterocycles. The molecule has 1 fully saturated rings. The minimum absolute atomic E-state index is 0.308. The molecule has 0 aromatic heterocycles. The summed E-state index contributed by atoms with van der Waals surface area (Å²) in [5, 5.41) is 10.2. The number of piperidine rings is 1. The number of aliphatic hydroxyl groups excluding tert-OH is 1. The first kappa shape index (κ1) is 14.5. The topological polar surface area (TPSA) is 23.5 Å². The van der Waals surface area contributed by atoms with E-state index in [1.165, 1.54) is 44.3 Å². The molecule has 0 amide bonds. The van der Waals surface area contributed by atoms with Crippen molar-refractivity contribution in [3.8, 4) is 0 Å². The molecular formula is C17H27NO. The van der Waals surface area contributed by atoms with Gasteiger partial charge in [0.1, 0.15) is 0 Å². The number of nitrogens with zero attached hydrogens (tertiary/aromatic N) is 1. The molecule has 1 saturated heterocycles. The molecule has 1 N–H and O–H groups in total. The number of hydrogen-bond acceptors (Lipinski definition) is 2. The third-order valence-electron chi connectivity index (χ3n) is 4.07. The lowest BCUT2D eigenvalue weighted by Gasteiger charge is -2.27. The van der Waals surface area contributed by atoms with Crippen LogP contribution in [0.3, 0.4) is 0 Å². The number of aliphatic hydroxyl groups is 1. The number of rotatable bonds is 6. The van der Waals surface area contributed by atoms with Gasteiger partial charge in [-0.1, -0.05) is 44.0 Å². The molecule has 19 heavy (non-hydrogen) atoms. The smallest absolute Gasteiger partial charge is 0.0802 e. The van der Waals surface area contributed by atoms with Crippen LogP contribution >= 0.6 is 0 Å². The maximum absolute atomic E-state index is 10.2. The summed E-state index contributed by atoms with van der Waals surface area (Å²) in [5.74, 6) is 0. The van der Waals surface area contributed by atoms with Gasteiger partial charge in [-0.2, -0.15) is 0 Å². The molecule has 1 aliphatic rings. The van der Waals surface area contributed by atoms with E-state index in [1.54, 1.807) is 0 Å². The van der Waals surface area contributed by atoms with Crippen LogP contribution in [0, 0.1) is 0 Å². The fourth-order valence-electron chi connectivity index (χ4n) is 2.85. The molecule has 1 aromatic carbocycles. The van der Waals surface area contributed by atoms with Crippen molar-refractivity contribution in [2.45, 2.75) is 51.6 Å². The van der Waals surface area contributed by atoms with Crippen LogP contribution in [-0.4, -0.2) is 29.6 Å². The summed E-state index contributed by atoms with van der Waals surface area (Å²) in [6.07, 6.45) is 6.87. The van der Waals surface area contributed by atoms with E-state index < -0.39 is 0 Å². The molecule has 1 unspecified atom stereocenters. The van der Waals surface area contributed by atoms with Crippen LogP contribution in [-0.2, 0) is 6.42 Å². The number of hydrogen-bond donors (Lipinski definition) is 1. The average molecular weight is 261 g/mol. The van der Waals surface area contributed by atoms with Crippen molar-refractivity contribution in [2.75, 3.05) is 19.6 Å². The summed E-state index contributed by atoms with van der Waals surface area (Å²) in [4.78, 5) is 2.48. The molecule has 1 aromatic rings. The molecular weight excluding hydrogens is 234 g/mol. The highest BCUT2D eigenvalue weighted by Gasteiger charge is 2.13. The van der Waals surface area contributed by atoms with Crippen molar-refractivity contribution in [3.05, 3.63) is 35.4 Å². The highest BCUT2D eigenvalue weighted by molar-refractivity contribution is 5.24. The van der Waals surface area contributed by atoms with Crippen LogP contribution in [0.2, 0.25) is 0 Å². The van der Waals surface area contributed by atoms with E-state index in [2.05, 4.69) is 36.1 Å².